The van der Waals surface area contributed by atoms with Crippen LogP contribution in [0.1, 0.15) is 20.7 Å². The predicted molar refractivity (Wildman–Crippen MR) is 123 cm³/mol. The molecule has 0 atom stereocenters. The molecule has 164 valence electrons. The lowest BCUT2D eigenvalue weighted by Crippen LogP contribution is -2.34. The fraction of sp³-hybridized carbons (Fsp3) is 0.0417. The number of carbonyl (C=O) groups excluding carboxylic acids is 2. The lowest BCUT2D eigenvalue weighted by Gasteiger charge is -2.13. The number of ether oxygens (including phenoxy) is 1. The molecule has 3 N–H and O–H groups in total. The third-order valence-corrected chi connectivity index (χ3v) is 4.66. The first-order chi connectivity index (χ1) is 16.0. The van der Waals surface area contributed by atoms with Gasteiger partial charge in [0, 0.05) is 22.9 Å². The first kappa shape index (κ1) is 21.4. The summed E-state index contributed by atoms with van der Waals surface area (Å²) in [5.74, 6) is -0.482. The number of rotatable bonds is 6. The molecule has 4 rings (SSSR count). The topological polar surface area (TPSA) is 122 Å². The monoisotopic (exact) mass is 440 g/mol. The van der Waals surface area contributed by atoms with Gasteiger partial charge in [-0.1, -0.05) is 42.5 Å². The Kier molecular flexibility index (Phi) is 6.21. The highest BCUT2D eigenvalue weighted by Crippen LogP contribution is 2.19. The molecule has 0 saturated heterocycles. The minimum absolute atomic E-state index is 0.0203. The van der Waals surface area contributed by atoms with Crippen molar-refractivity contribution in [1.82, 2.24) is 14.8 Å². The third kappa shape index (κ3) is 4.93. The minimum Gasteiger partial charge on any atom is -0.497 e. The molecule has 9 nitrogen and oxygen atoms in total. The van der Waals surface area contributed by atoms with E-state index in [0.29, 0.717) is 22.6 Å². The van der Waals surface area contributed by atoms with Crippen molar-refractivity contribution in [3.05, 3.63) is 102 Å². The van der Waals surface area contributed by atoms with Gasteiger partial charge in [-0.2, -0.15) is 9.67 Å². The van der Waals surface area contributed by atoms with Gasteiger partial charge in [0.2, 0.25) is 5.95 Å². The maximum absolute atomic E-state index is 13.1. The summed E-state index contributed by atoms with van der Waals surface area (Å²) in [6.45, 7) is 0. The number of hydrogen-bond acceptors (Lipinski definition) is 7. The summed E-state index contributed by atoms with van der Waals surface area (Å²) in [5.41, 5.74) is 0.969. The van der Waals surface area contributed by atoms with Gasteiger partial charge in [-0.15, -0.1) is 5.10 Å². The maximum atomic E-state index is 13.1. The number of aromatic nitrogens is 3. The average Bonchev–Trinajstić information content (AvgIpc) is 2.86. The zero-order valence-corrected chi connectivity index (χ0v) is 17.6. The summed E-state index contributed by atoms with van der Waals surface area (Å²) in [5, 5.41) is 18.3. The highest BCUT2D eigenvalue weighted by molar-refractivity contribution is 6.04. The Labute approximate surface area is 189 Å². The van der Waals surface area contributed by atoms with Crippen molar-refractivity contribution in [2.45, 2.75) is 0 Å². The van der Waals surface area contributed by atoms with Gasteiger partial charge in [-0.3, -0.25) is 15.0 Å². The Morgan fingerprint density at radius 2 is 1.58 bits per heavy atom. The SMILES string of the molecule is COc1cccc(Nc2nc(NC(=O)c3ccccc3)c(=N)n(C(=O)c3ccccc3)n2)c1. The van der Waals surface area contributed by atoms with Gasteiger partial charge >= 0.3 is 0 Å². The molecule has 33 heavy (non-hydrogen) atoms. The van der Waals surface area contributed by atoms with E-state index in [1.807, 2.05) is 0 Å². The van der Waals surface area contributed by atoms with E-state index in [2.05, 4.69) is 20.7 Å². The van der Waals surface area contributed by atoms with E-state index in [1.165, 1.54) is 0 Å². The number of hydrogen-bond donors (Lipinski definition) is 3. The number of methoxy groups -OCH3 is 1. The first-order valence-corrected chi connectivity index (χ1v) is 9.98. The quantitative estimate of drug-likeness (QED) is 0.422. The second kappa shape index (κ2) is 9.56. The van der Waals surface area contributed by atoms with Crippen molar-refractivity contribution >= 4 is 29.3 Å². The van der Waals surface area contributed by atoms with Crippen molar-refractivity contribution in [3.8, 4) is 5.75 Å². The molecule has 1 heterocycles. The second-order valence-corrected chi connectivity index (χ2v) is 6.89. The molecule has 0 saturated carbocycles. The average molecular weight is 440 g/mol. The Morgan fingerprint density at radius 1 is 0.909 bits per heavy atom. The first-order valence-electron chi connectivity index (χ1n) is 9.98. The lowest BCUT2D eigenvalue weighted by molar-refractivity contribution is 0.0935. The van der Waals surface area contributed by atoms with Crippen molar-refractivity contribution in [1.29, 1.82) is 5.41 Å². The van der Waals surface area contributed by atoms with Gasteiger partial charge in [0.15, 0.2) is 11.3 Å². The maximum Gasteiger partial charge on any atom is 0.280 e. The Balaban J connectivity index is 1.75. The third-order valence-electron chi connectivity index (χ3n) is 4.66. The summed E-state index contributed by atoms with van der Waals surface area (Å²) < 4.78 is 6.12. The summed E-state index contributed by atoms with van der Waals surface area (Å²) >= 11 is 0. The fourth-order valence-electron chi connectivity index (χ4n) is 3.02. The standard InChI is InChI=1S/C24H20N6O3/c1-33-19-14-8-13-18(15-19)26-24-28-21(27-22(31)16-9-4-2-5-10-16)20(25)30(29-24)23(32)17-11-6-3-7-12-17/h2-15,25H,1H3,(H2,26,27,28,29,31). The molecular weight excluding hydrogens is 420 g/mol. The van der Waals surface area contributed by atoms with E-state index in [1.54, 1.807) is 92.0 Å². The van der Waals surface area contributed by atoms with Crippen LogP contribution in [0.15, 0.2) is 84.9 Å². The van der Waals surface area contributed by atoms with E-state index in [-0.39, 0.29) is 17.3 Å². The lowest BCUT2D eigenvalue weighted by atomic mass is 10.2. The van der Waals surface area contributed by atoms with Crippen LogP contribution in [0.25, 0.3) is 0 Å². The molecule has 3 aromatic carbocycles. The number of nitrogens with zero attached hydrogens (tertiary/aromatic N) is 3. The van der Waals surface area contributed by atoms with E-state index < -0.39 is 11.8 Å². The zero-order valence-electron chi connectivity index (χ0n) is 17.6. The number of nitrogens with one attached hydrogen (secondary N) is 3. The Bertz CT molecular complexity index is 1350. The Morgan fingerprint density at radius 3 is 2.24 bits per heavy atom. The van der Waals surface area contributed by atoms with Crippen molar-refractivity contribution < 1.29 is 14.3 Å². The minimum atomic E-state index is -0.535. The molecule has 0 fully saturated rings. The van der Waals surface area contributed by atoms with E-state index in [9.17, 15) is 9.59 Å². The molecule has 9 heteroatoms. The number of anilines is 3. The molecule has 0 bridgehead atoms. The zero-order chi connectivity index (χ0) is 23.2. The number of benzene rings is 3. The van der Waals surface area contributed by atoms with Gasteiger partial charge in [0.25, 0.3) is 11.8 Å². The number of amides is 1. The van der Waals surface area contributed by atoms with Crippen LogP contribution >= 0.6 is 0 Å². The summed E-state index contributed by atoms with van der Waals surface area (Å²) in [6, 6.07) is 24.0. The molecular formula is C24H20N6O3. The van der Waals surface area contributed by atoms with Gasteiger partial charge < -0.3 is 15.4 Å². The van der Waals surface area contributed by atoms with Gasteiger partial charge in [-0.25, -0.2) is 0 Å². The highest BCUT2D eigenvalue weighted by atomic mass is 16.5. The highest BCUT2D eigenvalue weighted by Gasteiger charge is 2.17. The van der Waals surface area contributed by atoms with E-state index >= 15 is 0 Å². The van der Waals surface area contributed by atoms with Gasteiger partial charge in [0.1, 0.15) is 5.75 Å². The number of carbonyl (C=O) groups is 2. The summed E-state index contributed by atoms with van der Waals surface area (Å²) in [4.78, 5) is 30.0. The molecule has 0 aliphatic heterocycles. The molecule has 4 aromatic rings. The van der Waals surface area contributed by atoms with Crippen LogP contribution in [0.3, 0.4) is 0 Å². The fourth-order valence-corrected chi connectivity index (χ4v) is 3.02. The van der Waals surface area contributed by atoms with Crippen LogP contribution in [0.4, 0.5) is 17.5 Å². The molecule has 0 aliphatic carbocycles. The summed E-state index contributed by atoms with van der Waals surface area (Å²) in [7, 11) is 1.55. The van der Waals surface area contributed by atoms with Crippen LogP contribution in [-0.2, 0) is 0 Å². The molecule has 0 aliphatic rings. The van der Waals surface area contributed by atoms with Crippen LogP contribution in [0.2, 0.25) is 0 Å². The van der Waals surface area contributed by atoms with E-state index in [4.69, 9.17) is 10.1 Å². The molecule has 0 spiro atoms. The predicted octanol–water partition coefficient (Wildman–Crippen LogP) is 3.45. The van der Waals surface area contributed by atoms with Crippen molar-refractivity contribution in [2.24, 2.45) is 0 Å². The molecule has 0 radical (unpaired) electrons. The molecule has 0 unspecified atom stereocenters. The van der Waals surface area contributed by atoms with Crippen LogP contribution in [-0.4, -0.2) is 33.7 Å². The van der Waals surface area contributed by atoms with E-state index in [0.717, 1.165) is 4.68 Å². The smallest absolute Gasteiger partial charge is 0.280 e. The second-order valence-electron chi connectivity index (χ2n) is 6.89. The molecule has 1 aromatic heterocycles. The molecule has 1 amide bonds. The normalized spacial score (nSPS) is 10.3. The Hall–Kier alpha value is -4.79. The summed E-state index contributed by atoms with van der Waals surface area (Å²) in [6.07, 6.45) is 0. The van der Waals surface area contributed by atoms with Gasteiger partial charge in [-0.05, 0) is 36.4 Å². The largest absolute Gasteiger partial charge is 0.497 e. The van der Waals surface area contributed by atoms with Crippen LogP contribution in [0, 0.1) is 5.41 Å². The van der Waals surface area contributed by atoms with Crippen LogP contribution in [0.5, 0.6) is 5.75 Å². The van der Waals surface area contributed by atoms with Crippen molar-refractivity contribution in [3.63, 3.8) is 0 Å². The van der Waals surface area contributed by atoms with Crippen molar-refractivity contribution in [2.75, 3.05) is 17.7 Å². The van der Waals surface area contributed by atoms with Crippen LogP contribution < -0.4 is 20.9 Å². The van der Waals surface area contributed by atoms with Gasteiger partial charge in [0.05, 0.1) is 7.11 Å².